The van der Waals surface area contributed by atoms with Crippen molar-refractivity contribution in [2.75, 3.05) is 18.1 Å². The highest BCUT2D eigenvalue weighted by molar-refractivity contribution is 5.95. The van der Waals surface area contributed by atoms with Crippen LogP contribution in [0.5, 0.6) is 5.75 Å². The Bertz CT molecular complexity index is 709. The largest absolute Gasteiger partial charge is 0.508 e. The normalized spacial score (nSPS) is 14.4. The predicted molar refractivity (Wildman–Crippen MR) is 81.7 cm³/mol. The van der Waals surface area contributed by atoms with Gasteiger partial charge in [0.2, 0.25) is 0 Å². The number of anilines is 1. The average Bonchev–Trinajstić information content (AvgIpc) is 2.85. The molecule has 1 heterocycles. The molecule has 1 N–H and O–H groups in total. The van der Waals surface area contributed by atoms with E-state index in [2.05, 4.69) is 6.07 Å². The topological polar surface area (TPSA) is 49.8 Å². The molecule has 0 bridgehead atoms. The number of aryl methyl sites for hydroxylation is 2. The van der Waals surface area contributed by atoms with E-state index in [0.717, 1.165) is 27.9 Å². The summed E-state index contributed by atoms with van der Waals surface area (Å²) in [6, 6.07) is 11.3. The Morgan fingerprint density at radius 2 is 1.90 bits per heavy atom. The molecule has 21 heavy (non-hydrogen) atoms. The number of phenols is 1. The lowest BCUT2D eigenvalue weighted by Gasteiger charge is -2.19. The third-order valence-corrected chi connectivity index (χ3v) is 3.70. The Morgan fingerprint density at radius 1 is 1.10 bits per heavy atom. The van der Waals surface area contributed by atoms with Crippen LogP contribution in [0, 0.1) is 13.8 Å². The lowest BCUT2D eigenvalue weighted by atomic mass is 9.96. The molecule has 0 aromatic heterocycles. The highest BCUT2D eigenvalue weighted by Crippen LogP contribution is 2.36. The van der Waals surface area contributed by atoms with Crippen LogP contribution in [-0.2, 0) is 4.74 Å². The molecule has 0 saturated carbocycles. The van der Waals surface area contributed by atoms with Gasteiger partial charge in [0.1, 0.15) is 12.4 Å². The van der Waals surface area contributed by atoms with Gasteiger partial charge in [0.15, 0.2) is 0 Å². The molecule has 1 aliphatic rings. The first-order chi connectivity index (χ1) is 10.1. The zero-order valence-electron chi connectivity index (χ0n) is 12.1. The fourth-order valence-electron chi connectivity index (χ4n) is 2.66. The smallest absolute Gasteiger partial charge is 0.414 e. The second-order valence-electron chi connectivity index (χ2n) is 5.29. The maximum Gasteiger partial charge on any atom is 0.414 e. The molecule has 2 aromatic carbocycles. The number of rotatable bonds is 2. The van der Waals surface area contributed by atoms with Crippen LogP contribution in [0.15, 0.2) is 36.4 Å². The number of ether oxygens (including phenoxy) is 1. The van der Waals surface area contributed by atoms with Crippen molar-refractivity contribution in [2.24, 2.45) is 0 Å². The SMILES string of the molecule is Cc1ccc(N2CCOC2=O)c(-c2ccc(O)cc2C)c1. The molecule has 0 spiro atoms. The second kappa shape index (κ2) is 5.13. The van der Waals surface area contributed by atoms with Crippen LogP contribution in [0.1, 0.15) is 11.1 Å². The molecule has 0 aliphatic carbocycles. The van der Waals surface area contributed by atoms with E-state index in [1.54, 1.807) is 17.0 Å². The summed E-state index contributed by atoms with van der Waals surface area (Å²) in [5.41, 5.74) is 4.91. The summed E-state index contributed by atoms with van der Waals surface area (Å²) >= 11 is 0. The summed E-state index contributed by atoms with van der Waals surface area (Å²) in [6.45, 7) is 4.95. The van der Waals surface area contributed by atoms with Crippen molar-refractivity contribution in [3.05, 3.63) is 47.5 Å². The Morgan fingerprint density at radius 3 is 2.57 bits per heavy atom. The molecule has 3 rings (SSSR count). The number of carbonyl (C=O) groups excluding carboxylic acids is 1. The van der Waals surface area contributed by atoms with E-state index in [0.29, 0.717) is 13.2 Å². The van der Waals surface area contributed by atoms with Crippen LogP contribution in [-0.4, -0.2) is 24.4 Å². The quantitative estimate of drug-likeness (QED) is 0.915. The van der Waals surface area contributed by atoms with Crippen molar-refractivity contribution in [1.82, 2.24) is 0 Å². The number of carbonyl (C=O) groups is 1. The third-order valence-electron chi connectivity index (χ3n) is 3.70. The molecule has 1 saturated heterocycles. The minimum atomic E-state index is -0.309. The minimum absolute atomic E-state index is 0.242. The zero-order chi connectivity index (χ0) is 15.0. The third kappa shape index (κ3) is 2.44. The van der Waals surface area contributed by atoms with Gasteiger partial charge in [0.05, 0.1) is 12.2 Å². The summed E-state index contributed by atoms with van der Waals surface area (Å²) in [4.78, 5) is 13.5. The zero-order valence-corrected chi connectivity index (χ0v) is 12.1. The number of aromatic hydroxyl groups is 1. The van der Waals surface area contributed by atoms with E-state index in [1.807, 2.05) is 32.0 Å². The first-order valence-corrected chi connectivity index (χ1v) is 6.91. The van der Waals surface area contributed by atoms with Gasteiger partial charge in [-0.1, -0.05) is 17.7 Å². The summed E-state index contributed by atoms with van der Waals surface area (Å²) < 4.78 is 5.04. The highest BCUT2D eigenvalue weighted by Gasteiger charge is 2.26. The Kier molecular flexibility index (Phi) is 3.29. The van der Waals surface area contributed by atoms with Crippen molar-refractivity contribution < 1.29 is 14.6 Å². The Labute approximate surface area is 123 Å². The van der Waals surface area contributed by atoms with Crippen molar-refractivity contribution in [2.45, 2.75) is 13.8 Å². The average molecular weight is 283 g/mol. The standard InChI is InChI=1S/C17H17NO3/c1-11-3-6-16(18-7-8-21-17(18)20)15(9-11)14-5-4-13(19)10-12(14)2/h3-6,9-10,19H,7-8H2,1-2H3. The van der Waals surface area contributed by atoms with Crippen molar-refractivity contribution in [3.63, 3.8) is 0 Å². The molecule has 1 amide bonds. The van der Waals surface area contributed by atoms with Gasteiger partial charge >= 0.3 is 6.09 Å². The minimum Gasteiger partial charge on any atom is -0.508 e. The number of hydrogen-bond acceptors (Lipinski definition) is 3. The van der Waals surface area contributed by atoms with Crippen LogP contribution < -0.4 is 4.90 Å². The maximum atomic E-state index is 11.8. The van der Waals surface area contributed by atoms with Gasteiger partial charge in [-0.2, -0.15) is 0 Å². The van der Waals surface area contributed by atoms with Gasteiger partial charge in [0.25, 0.3) is 0 Å². The molecule has 0 unspecified atom stereocenters. The van der Waals surface area contributed by atoms with E-state index in [9.17, 15) is 9.90 Å². The number of nitrogens with zero attached hydrogens (tertiary/aromatic N) is 1. The van der Waals surface area contributed by atoms with Crippen molar-refractivity contribution in [3.8, 4) is 16.9 Å². The summed E-state index contributed by atoms with van der Waals surface area (Å²) in [5, 5.41) is 9.58. The van der Waals surface area contributed by atoms with E-state index in [4.69, 9.17) is 4.74 Å². The van der Waals surface area contributed by atoms with Gasteiger partial charge in [0, 0.05) is 5.56 Å². The molecule has 0 radical (unpaired) electrons. The number of hydrogen-bond donors (Lipinski definition) is 1. The van der Waals surface area contributed by atoms with E-state index >= 15 is 0 Å². The van der Waals surface area contributed by atoms with E-state index < -0.39 is 0 Å². The molecule has 108 valence electrons. The van der Waals surface area contributed by atoms with Crippen LogP contribution >= 0.6 is 0 Å². The summed E-state index contributed by atoms with van der Waals surface area (Å²) in [7, 11) is 0. The Hall–Kier alpha value is -2.49. The summed E-state index contributed by atoms with van der Waals surface area (Å²) in [5.74, 6) is 0.242. The van der Waals surface area contributed by atoms with Gasteiger partial charge in [-0.15, -0.1) is 0 Å². The number of phenolic OH excluding ortho intramolecular Hbond substituents is 1. The highest BCUT2D eigenvalue weighted by atomic mass is 16.6. The molecule has 0 atom stereocenters. The lowest BCUT2D eigenvalue weighted by Crippen LogP contribution is -2.24. The van der Waals surface area contributed by atoms with Crippen LogP contribution in [0.25, 0.3) is 11.1 Å². The molecular weight excluding hydrogens is 266 g/mol. The monoisotopic (exact) mass is 283 g/mol. The first-order valence-electron chi connectivity index (χ1n) is 6.91. The van der Waals surface area contributed by atoms with Crippen LogP contribution in [0.2, 0.25) is 0 Å². The molecule has 4 nitrogen and oxygen atoms in total. The fourth-order valence-corrected chi connectivity index (χ4v) is 2.66. The molecule has 4 heteroatoms. The maximum absolute atomic E-state index is 11.8. The number of amides is 1. The van der Waals surface area contributed by atoms with E-state index in [-0.39, 0.29) is 11.8 Å². The van der Waals surface area contributed by atoms with Crippen molar-refractivity contribution in [1.29, 1.82) is 0 Å². The van der Waals surface area contributed by atoms with Gasteiger partial charge in [-0.05, 0) is 49.2 Å². The van der Waals surface area contributed by atoms with Crippen LogP contribution in [0.4, 0.5) is 10.5 Å². The van der Waals surface area contributed by atoms with Gasteiger partial charge in [-0.3, -0.25) is 4.90 Å². The first kappa shape index (κ1) is 13.5. The number of cyclic esters (lactones) is 1. The van der Waals surface area contributed by atoms with Crippen molar-refractivity contribution >= 4 is 11.8 Å². The molecule has 2 aromatic rings. The molecule has 1 aliphatic heterocycles. The molecule has 1 fully saturated rings. The predicted octanol–water partition coefficient (Wildman–Crippen LogP) is 3.63. The Balaban J connectivity index is 2.16. The number of benzene rings is 2. The van der Waals surface area contributed by atoms with Gasteiger partial charge < -0.3 is 9.84 Å². The molecular formula is C17H17NO3. The summed E-state index contributed by atoms with van der Waals surface area (Å²) in [6.07, 6.45) is -0.309. The van der Waals surface area contributed by atoms with Gasteiger partial charge in [-0.25, -0.2) is 4.79 Å². The second-order valence-corrected chi connectivity index (χ2v) is 5.29. The van der Waals surface area contributed by atoms with Crippen LogP contribution in [0.3, 0.4) is 0 Å². The lowest BCUT2D eigenvalue weighted by molar-refractivity contribution is 0.181. The van der Waals surface area contributed by atoms with E-state index in [1.165, 1.54) is 0 Å². The fraction of sp³-hybridized carbons (Fsp3) is 0.235.